The molecule has 0 atom stereocenters. The van der Waals surface area contributed by atoms with Crippen molar-refractivity contribution in [2.24, 2.45) is 0 Å². The Bertz CT molecular complexity index is 660. The summed E-state index contributed by atoms with van der Waals surface area (Å²) in [4.78, 5) is 21.8. The molecule has 2 heterocycles. The third-order valence-electron chi connectivity index (χ3n) is 3.12. The fourth-order valence-electron chi connectivity index (χ4n) is 1.88. The lowest BCUT2D eigenvalue weighted by molar-refractivity contribution is -0.385. The largest absolute Gasteiger partial charge is 0.309 e. The molecule has 2 rings (SSSR count). The Morgan fingerprint density at radius 2 is 2.33 bits per heavy atom. The molecule has 21 heavy (non-hydrogen) atoms. The molecule has 0 aliphatic rings. The molecule has 2 aromatic heterocycles. The first-order valence-electron chi connectivity index (χ1n) is 6.51. The van der Waals surface area contributed by atoms with Gasteiger partial charge in [-0.05, 0) is 13.3 Å². The summed E-state index contributed by atoms with van der Waals surface area (Å²) in [7, 11) is 0. The number of nitrogens with one attached hydrogen (secondary N) is 2. The molecular weight excluding hydrogens is 276 g/mol. The van der Waals surface area contributed by atoms with E-state index < -0.39 is 4.92 Å². The summed E-state index contributed by atoms with van der Waals surface area (Å²) in [5.74, 6) is 0.300. The quantitative estimate of drug-likeness (QED) is 0.616. The lowest BCUT2D eigenvalue weighted by Crippen LogP contribution is -2.15. The van der Waals surface area contributed by atoms with Gasteiger partial charge in [-0.15, -0.1) is 0 Å². The minimum Gasteiger partial charge on any atom is -0.309 e. The zero-order valence-corrected chi connectivity index (χ0v) is 11.8. The van der Waals surface area contributed by atoms with Gasteiger partial charge < -0.3 is 5.32 Å². The number of H-pyrrole nitrogens is 1. The SMILES string of the molecule is CCc1[nH]nc(NC(=O)CCn2cc([N+](=O)[O-])cn2)c1C. The van der Waals surface area contributed by atoms with Crippen LogP contribution in [0.5, 0.6) is 0 Å². The highest BCUT2D eigenvalue weighted by atomic mass is 16.6. The van der Waals surface area contributed by atoms with Crippen LogP contribution in [0.4, 0.5) is 11.5 Å². The smallest absolute Gasteiger partial charge is 0.306 e. The van der Waals surface area contributed by atoms with Crippen molar-refractivity contribution in [1.82, 2.24) is 20.0 Å². The number of aromatic nitrogens is 4. The van der Waals surface area contributed by atoms with Gasteiger partial charge in [-0.25, -0.2) is 0 Å². The van der Waals surface area contributed by atoms with Crippen LogP contribution in [-0.4, -0.2) is 30.8 Å². The van der Waals surface area contributed by atoms with Crippen LogP contribution in [0, 0.1) is 17.0 Å². The molecule has 0 saturated heterocycles. The fraction of sp³-hybridized carbons (Fsp3) is 0.417. The number of rotatable bonds is 6. The summed E-state index contributed by atoms with van der Waals surface area (Å²) in [5, 5.41) is 24.0. The number of nitro groups is 1. The van der Waals surface area contributed by atoms with E-state index in [4.69, 9.17) is 0 Å². The zero-order valence-electron chi connectivity index (χ0n) is 11.8. The number of hydrogen-bond donors (Lipinski definition) is 2. The molecule has 0 aliphatic carbocycles. The Morgan fingerprint density at radius 1 is 1.57 bits per heavy atom. The molecule has 112 valence electrons. The van der Waals surface area contributed by atoms with Gasteiger partial charge in [-0.1, -0.05) is 6.92 Å². The van der Waals surface area contributed by atoms with Crippen LogP contribution < -0.4 is 5.32 Å². The van der Waals surface area contributed by atoms with E-state index in [-0.39, 0.29) is 24.6 Å². The summed E-state index contributed by atoms with van der Waals surface area (Å²) in [5.41, 5.74) is 1.81. The maximum absolute atomic E-state index is 11.8. The van der Waals surface area contributed by atoms with Crippen molar-refractivity contribution in [2.75, 3.05) is 5.32 Å². The standard InChI is InChI=1S/C12H16N6O3/c1-3-10-8(2)12(16-15-10)14-11(19)4-5-17-7-9(6-13-17)18(20)21/h6-7H,3-5H2,1-2H3,(H2,14,15,16,19). The first kappa shape index (κ1) is 14.7. The monoisotopic (exact) mass is 292 g/mol. The third kappa shape index (κ3) is 3.44. The minimum atomic E-state index is -0.525. The van der Waals surface area contributed by atoms with E-state index in [0.717, 1.165) is 23.9 Å². The van der Waals surface area contributed by atoms with Gasteiger partial charge in [-0.2, -0.15) is 10.2 Å². The van der Waals surface area contributed by atoms with Crippen LogP contribution in [-0.2, 0) is 17.8 Å². The molecule has 0 aliphatic heterocycles. The van der Waals surface area contributed by atoms with Crippen molar-refractivity contribution >= 4 is 17.4 Å². The number of amides is 1. The van der Waals surface area contributed by atoms with Gasteiger partial charge in [0.25, 0.3) is 0 Å². The Hall–Kier alpha value is -2.71. The second-order valence-corrected chi connectivity index (χ2v) is 4.55. The second kappa shape index (κ2) is 6.16. The van der Waals surface area contributed by atoms with Crippen LogP contribution in [0.25, 0.3) is 0 Å². The van der Waals surface area contributed by atoms with E-state index in [1.165, 1.54) is 10.9 Å². The van der Waals surface area contributed by atoms with E-state index in [9.17, 15) is 14.9 Å². The molecule has 0 unspecified atom stereocenters. The van der Waals surface area contributed by atoms with Crippen LogP contribution >= 0.6 is 0 Å². The van der Waals surface area contributed by atoms with E-state index in [0.29, 0.717) is 5.82 Å². The average molecular weight is 292 g/mol. The van der Waals surface area contributed by atoms with Crippen LogP contribution in [0.2, 0.25) is 0 Å². The number of carbonyl (C=O) groups excluding carboxylic acids is 1. The third-order valence-corrected chi connectivity index (χ3v) is 3.12. The highest BCUT2D eigenvalue weighted by Gasteiger charge is 2.12. The number of aromatic amines is 1. The maximum Gasteiger partial charge on any atom is 0.306 e. The lowest BCUT2D eigenvalue weighted by atomic mass is 10.2. The Balaban J connectivity index is 1.89. The van der Waals surface area contributed by atoms with E-state index in [2.05, 4.69) is 20.6 Å². The van der Waals surface area contributed by atoms with Gasteiger partial charge in [0.2, 0.25) is 5.91 Å². The molecule has 0 fully saturated rings. The molecule has 9 heteroatoms. The lowest BCUT2D eigenvalue weighted by Gasteiger charge is -2.03. The van der Waals surface area contributed by atoms with Crippen LogP contribution in [0.3, 0.4) is 0 Å². The predicted molar refractivity (Wildman–Crippen MR) is 74.8 cm³/mol. The van der Waals surface area contributed by atoms with Crippen LogP contribution in [0.15, 0.2) is 12.4 Å². The van der Waals surface area contributed by atoms with Crippen molar-refractivity contribution in [3.63, 3.8) is 0 Å². The number of nitrogens with zero attached hydrogens (tertiary/aromatic N) is 4. The van der Waals surface area contributed by atoms with Gasteiger partial charge in [0.15, 0.2) is 5.82 Å². The highest BCUT2D eigenvalue weighted by molar-refractivity contribution is 5.90. The normalized spacial score (nSPS) is 10.6. The predicted octanol–water partition coefficient (Wildman–Crippen LogP) is 1.41. The molecular formula is C12H16N6O3. The molecule has 0 aromatic carbocycles. The molecule has 2 aromatic rings. The summed E-state index contributed by atoms with van der Waals surface area (Å²) < 4.78 is 1.37. The fourth-order valence-corrected chi connectivity index (χ4v) is 1.88. The summed E-state index contributed by atoms with van der Waals surface area (Å²) in [6.07, 6.45) is 3.42. The van der Waals surface area contributed by atoms with Crippen LogP contribution in [0.1, 0.15) is 24.6 Å². The van der Waals surface area contributed by atoms with Crippen molar-refractivity contribution in [3.8, 4) is 0 Å². The second-order valence-electron chi connectivity index (χ2n) is 4.55. The minimum absolute atomic E-state index is 0.0915. The number of anilines is 1. The highest BCUT2D eigenvalue weighted by Crippen LogP contribution is 2.15. The number of hydrogen-bond acceptors (Lipinski definition) is 5. The van der Waals surface area contributed by atoms with E-state index in [1.807, 2.05) is 13.8 Å². The van der Waals surface area contributed by atoms with Gasteiger partial charge in [0.05, 0.1) is 4.92 Å². The summed E-state index contributed by atoms with van der Waals surface area (Å²) in [6.45, 7) is 4.15. The maximum atomic E-state index is 11.8. The van der Waals surface area contributed by atoms with Gasteiger partial charge in [0, 0.05) is 24.2 Å². The molecule has 1 amide bonds. The summed E-state index contributed by atoms with van der Waals surface area (Å²) in [6, 6.07) is 0. The topological polar surface area (TPSA) is 119 Å². The molecule has 0 spiro atoms. The van der Waals surface area contributed by atoms with Crippen molar-refractivity contribution in [3.05, 3.63) is 33.8 Å². The zero-order chi connectivity index (χ0) is 15.4. The Morgan fingerprint density at radius 3 is 2.90 bits per heavy atom. The molecule has 9 nitrogen and oxygen atoms in total. The Kier molecular flexibility index (Phi) is 4.31. The molecule has 0 bridgehead atoms. The van der Waals surface area contributed by atoms with Gasteiger partial charge >= 0.3 is 5.69 Å². The first-order valence-corrected chi connectivity index (χ1v) is 6.51. The van der Waals surface area contributed by atoms with Gasteiger partial charge in [0.1, 0.15) is 12.4 Å². The molecule has 2 N–H and O–H groups in total. The van der Waals surface area contributed by atoms with Crippen molar-refractivity contribution in [2.45, 2.75) is 33.2 Å². The summed E-state index contributed by atoms with van der Waals surface area (Å²) >= 11 is 0. The average Bonchev–Trinajstić information content (AvgIpc) is 3.05. The number of aryl methyl sites for hydroxylation is 2. The van der Waals surface area contributed by atoms with Crippen molar-refractivity contribution < 1.29 is 9.72 Å². The molecule has 0 saturated carbocycles. The number of carbonyl (C=O) groups is 1. The van der Waals surface area contributed by atoms with E-state index >= 15 is 0 Å². The molecule has 0 radical (unpaired) electrons. The first-order chi connectivity index (χ1) is 10.0. The van der Waals surface area contributed by atoms with Gasteiger partial charge in [-0.3, -0.25) is 24.7 Å². The Labute approximate surface area is 120 Å². The van der Waals surface area contributed by atoms with Crippen molar-refractivity contribution in [1.29, 1.82) is 0 Å². The van der Waals surface area contributed by atoms with E-state index in [1.54, 1.807) is 0 Å².